The van der Waals surface area contributed by atoms with Crippen LogP contribution in [0.3, 0.4) is 0 Å². The summed E-state index contributed by atoms with van der Waals surface area (Å²) in [7, 11) is 0. The zero-order chi connectivity index (χ0) is 17.5. The van der Waals surface area contributed by atoms with Gasteiger partial charge in [0.15, 0.2) is 0 Å². The van der Waals surface area contributed by atoms with Gasteiger partial charge < -0.3 is 5.32 Å². The van der Waals surface area contributed by atoms with E-state index in [-0.39, 0.29) is 5.92 Å². The number of hydrogen-bond donors (Lipinski definition) is 1. The molecule has 0 heterocycles. The van der Waals surface area contributed by atoms with Crippen LogP contribution in [-0.4, -0.2) is 18.4 Å². The van der Waals surface area contributed by atoms with Crippen molar-refractivity contribution in [3.8, 4) is 0 Å². The number of carbonyl (C=O) groups is 1. The molecule has 25 heavy (non-hydrogen) atoms. The summed E-state index contributed by atoms with van der Waals surface area (Å²) in [6.07, 6.45) is 5.00. The Bertz CT molecular complexity index is 652. The molecule has 2 nitrogen and oxygen atoms in total. The van der Waals surface area contributed by atoms with Crippen molar-refractivity contribution in [3.63, 3.8) is 0 Å². The second-order valence-electron chi connectivity index (χ2n) is 7.40. The molecule has 0 bridgehead atoms. The molecule has 2 aromatic rings. The average molecular weight is 335 g/mol. The van der Waals surface area contributed by atoms with Crippen LogP contribution < -0.4 is 5.32 Å². The lowest BCUT2D eigenvalue weighted by Gasteiger charge is -2.19. The second-order valence-corrected chi connectivity index (χ2v) is 7.40. The van der Waals surface area contributed by atoms with Gasteiger partial charge in [-0.25, -0.2) is 0 Å². The van der Waals surface area contributed by atoms with E-state index >= 15 is 0 Å². The lowest BCUT2D eigenvalue weighted by molar-refractivity contribution is -0.122. The highest BCUT2D eigenvalue weighted by Crippen LogP contribution is 2.32. The third kappa shape index (κ3) is 5.27. The van der Waals surface area contributed by atoms with E-state index < -0.39 is 0 Å². The fourth-order valence-electron chi connectivity index (χ4n) is 3.89. The molecule has 1 saturated carbocycles. The van der Waals surface area contributed by atoms with Gasteiger partial charge in [-0.1, -0.05) is 67.1 Å². The molecule has 0 amide bonds. The van der Waals surface area contributed by atoms with E-state index in [4.69, 9.17) is 0 Å². The fraction of sp³-hybridized carbons (Fsp3) is 0.435. The Morgan fingerprint density at radius 2 is 1.68 bits per heavy atom. The zero-order valence-electron chi connectivity index (χ0n) is 15.2. The first-order chi connectivity index (χ1) is 12.2. The van der Waals surface area contributed by atoms with Crippen LogP contribution in [0.4, 0.5) is 0 Å². The van der Waals surface area contributed by atoms with Crippen molar-refractivity contribution in [2.45, 2.75) is 51.0 Å². The van der Waals surface area contributed by atoms with Gasteiger partial charge in [0, 0.05) is 24.9 Å². The van der Waals surface area contributed by atoms with E-state index in [9.17, 15) is 4.79 Å². The molecular formula is C23H29NO. The zero-order valence-corrected chi connectivity index (χ0v) is 15.2. The summed E-state index contributed by atoms with van der Waals surface area (Å²) in [6, 6.07) is 21.5. The highest BCUT2D eigenvalue weighted by molar-refractivity contribution is 5.82. The van der Waals surface area contributed by atoms with Crippen LogP contribution in [0.15, 0.2) is 60.7 Å². The number of benzene rings is 2. The molecule has 1 fully saturated rings. The predicted molar refractivity (Wildman–Crippen MR) is 104 cm³/mol. The molecule has 2 aromatic carbocycles. The van der Waals surface area contributed by atoms with Gasteiger partial charge in [-0.2, -0.15) is 0 Å². The highest BCUT2D eigenvalue weighted by Gasteiger charge is 2.27. The predicted octanol–water partition coefficient (Wildman–Crippen LogP) is 4.75. The molecule has 0 saturated heterocycles. The minimum absolute atomic E-state index is 0.173. The van der Waals surface area contributed by atoms with Crippen molar-refractivity contribution in [3.05, 3.63) is 71.8 Å². The molecule has 3 rings (SSSR count). The Hall–Kier alpha value is -1.93. The normalized spacial score (nSPS) is 22.4. The summed E-state index contributed by atoms with van der Waals surface area (Å²) in [4.78, 5) is 12.7. The van der Waals surface area contributed by atoms with Crippen LogP contribution in [0.25, 0.3) is 0 Å². The minimum atomic E-state index is 0.173. The van der Waals surface area contributed by atoms with Gasteiger partial charge in [-0.3, -0.25) is 4.79 Å². The van der Waals surface area contributed by atoms with Gasteiger partial charge in [0.1, 0.15) is 5.78 Å². The number of rotatable bonds is 6. The molecule has 0 aliphatic heterocycles. The summed E-state index contributed by atoms with van der Waals surface area (Å²) < 4.78 is 0. The van der Waals surface area contributed by atoms with Gasteiger partial charge in [0.25, 0.3) is 0 Å². The van der Waals surface area contributed by atoms with Crippen LogP contribution in [0.2, 0.25) is 0 Å². The SMILES string of the molecule is CC(Cc1ccccc1)NCC1CCCC(c2ccccc2)CC1=O. The average Bonchev–Trinajstić information content (AvgIpc) is 2.83. The van der Waals surface area contributed by atoms with Crippen molar-refractivity contribution in [1.82, 2.24) is 5.32 Å². The van der Waals surface area contributed by atoms with Crippen LogP contribution in [0.1, 0.15) is 49.7 Å². The molecule has 0 radical (unpaired) electrons. The Labute approximate surface area is 151 Å². The number of carbonyl (C=O) groups excluding carboxylic acids is 1. The maximum absolute atomic E-state index is 12.7. The monoisotopic (exact) mass is 335 g/mol. The number of hydrogen-bond acceptors (Lipinski definition) is 2. The first kappa shape index (κ1) is 17.9. The molecule has 132 valence electrons. The molecule has 1 N–H and O–H groups in total. The van der Waals surface area contributed by atoms with Crippen LogP contribution in [0, 0.1) is 5.92 Å². The standard InChI is InChI=1S/C23H29NO/c1-18(15-19-9-4-2-5-10-19)24-17-22-14-8-13-21(16-23(22)25)20-11-6-3-7-12-20/h2-7,9-12,18,21-22,24H,8,13-17H2,1H3. The summed E-state index contributed by atoms with van der Waals surface area (Å²) in [6.45, 7) is 3.02. The van der Waals surface area contributed by atoms with Gasteiger partial charge in [-0.05, 0) is 43.2 Å². The van der Waals surface area contributed by atoms with Crippen molar-refractivity contribution in [2.24, 2.45) is 5.92 Å². The Morgan fingerprint density at radius 1 is 1.00 bits per heavy atom. The maximum Gasteiger partial charge on any atom is 0.137 e. The molecule has 0 aromatic heterocycles. The van der Waals surface area contributed by atoms with Crippen molar-refractivity contribution in [2.75, 3.05) is 6.54 Å². The third-order valence-electron chi connectivity index (χ3n) is 5.38. The molecule has 3 atom stereocenters. The van der Waals surface area contributed by atoms with Crippen molar-refractivity contribution in [1.29, 1.82) is 0 Å². The fourth-order valence-corrected chi connectivity index (χ4v) is 3.89. The number of ketones is 1. The maximum atomic E-state index is 12.7. The van der Waals surface area contributed by atoms with Gasteiger partial charge in [0.2, 0.25) is 0 Å². The minimum Gasteiger partial charge on any atom is -0.313 e. The number of Topliss-reactive ketones (excluding diaryl/α,β-unsaturated/α-hetero) is 1. The Morgan fingerprint density at radius 3 is 2.40 bits per heavy atom. The number of nitrogens with one attached hydrogen (secondary N) is 1. The molecule has 1 aliphatic carbocycles. The topological polar surface area (TPSA) is 29.1 Å². The largest absolute Gasteiger partial charge is 0.313 e. The first-order valence-electron chi connectivity index (χ1n) is 9.57. The smallest absolute Gasteiger partial charge is 0.137 e. The highest BCUT2D eigenvalue weighted by atomic mass is 16.1. The van der Waals surface area contributed by atoms with Gasteiger partial charge in [-0.15, -0.1) is 0 Å². The van der Waals surface area contributed by atoms with Crippen molar-refractivity contribution >= 4 is 5.78 Å². The summed E-state index contributed by atoms with van der Waals surface area (Å²) >= 11 is 0. The van der Waals surface area contributed by atoms with Crippen molar-refractivity contribution < 1.29 is 4.79 Å². The van der Waals surface area contributed by atoms with E-state index in [1.54, 1.807) is 0 Å². The second kappa shape index (κ2) is 8.96. The lowest BCUT2D eigenvalue weighted by Crippen LogP contribution is -2.35. The van der Waals surface area contributed by atoms with Crippen LogP contribution in [0.5, 0.6) is 0 Å². The van der Waals surface area contributed by atoms with Gasteiger partial charge >= 0.3 is 0 Å². The summed E-state index contributed by atoms with van der Waals surface area (Å²) in [5, 5.41) is 3.59. The van der Waals surface area contributed by atoms with E-state index in [0.29, 0.717) is 24.2 Å². The van der Waals surface area contributed by atoms with Crippen LogP contribution >= 0.6 is 0 Å². The summed E-state index contributed by atoms with van der Waals surface area (Å²) in [5.41, 5.74) is 2.67. The third-order valence-corrected chi connectivity index (χ3v) is 5.38. The molecule has 0 spiro atoms. The lowest BCUT2D eigenvalue weighted by atomic mass is 9.90. The van der Waals surface area contributed by atoms with E-state index in [0.717, 1.165) is 32.2 Å². The van der Waals surface area contributed by atoms with E-state index in [2.05, 4.69) is 66.8 Å². The van der Waals surface area contributed by atoms with Crippen LogP contribution in [-0.2, 0) is 11.2 Å². The Balaban J connectivity index is 1.50. The molecule has 2 heteroatoms. The molecule has 3 unspecified atom stereocenters. The first-order valence-corrected chi connectivity index (χ1v) is 9.57. The Kier molecular flexibility index (Phi) is 6.41. The molecular weight excluding hydrogens is 306 g/mol. The quantitative estimate of drug-likeness (QED) is 0.772. The summed E-state index contributed by atoms with van der Waals surface area (Å²) in [5.74, 6) is 1.01. The van der Waals surface area contributed by atoms with Gasteiger partial charge in [0.05, 0.1) is 0 Å². The van der Waals surface area contributed by atoms with E-state index in [1.165, 1.54) is 11.1 Å². The molecule has 1 aliphatic rings. The van der Waals surface area contributed by atoms with E-state index in [1.807, 2.05) is 6.07 Å².